The Morgan fingerprint density at radius 2 is 1.55 bits per heavy atom. The van der Waals surface area contributed by atoms with Crippen molar-refractivity contribution in [1.29, 1.82) is 0 Å². The van der Waals surface area contributed by atoms with E-state index in [4.69, 9.17) is 4.74 Å². The standard InChI is InChI=1S/C31H32Br2N2O5/c1-4-16-7-6-8-17(5-2)28(16)34-14-18(12-23(34)36)31(39)40-19-9-10-22(15(3)11-19)35-29(37)24-20-13-21(25(24)30(35)38)27(33)26(20)32/h6-11,18,20-21,24-27H,4-5,12-14H2,1-3H3/t18-,20-,21-,24-,25-,26+,27+/m1/s1. The number of aryl methyl sites for hydroxylation is 3. The molecule has 4 fully saturated rings. The van der Waals surface area contributed by atoms with E-state index in [0.29, 0.717) is 17.0 Å². The summed E-state index contributed by atoms with van der Waals surface area (Å²) in [5.41, 5.74) is 4.32. The van der Waals surface area contributed by atoms with Crippen LogP contribution in [0.1, 0.15) is 43.4 Å². The van der Waals surface area contributed by atoms with Crippen LogP contribution in [0.15, 0.2) is 36.4 Å². The summed E-state index contributed by atoms with van der Waals surface area (Å²) in [5, 5.41) is 0. The molecule has 210 valence electrons. The molecule has 2 aromatic rings. The van der Waals surface area contributed by atoms with E-state index >= 15 is 0 Å². The Labute approximate surface area is 250 Å². The number of hydrogen-bond donors (Lipinski definition) is 0. The quantitative estimate of drug-likeness (QED) is 0.179. The predicted octanol–water partition coefficient (Wildman–Crippen LogP) is 5.36. The number of para-hydroxylation sites is 1. The van der Waals surface area contributed by atoms with E-state index in [9.17, 15) is 19.2 Å². The van der Waals surface area contributed by atoms with Gasteiger partial charge in [0.15, 0.2) is 0 Å². The van der Waals surface area contributed by atoms with Crippen LogP contribution in [0.5, 0.6) is 5.75 Å². The number of alkyl halides is 2. The second-order valence-corrected chi connectivity index (χ2v) is 13.5. The normalized spacial score (nSPS) is 30.9. The Morgan fingerprint density at radius 1 is 0.950 bits per heavy atom. The van der Waals surface area contributed by atoms with Crippen LogP contribution in [0, 0.1) is 36.5 Å². The molecule has 2 heterocycles. The Bertz CT molecular complexity index is 1370. The summed E-state index contributed by atoms with van der Waals surface area (Å²) in [7, 11) is 0. The largest absolute Gasteiger partial charge is 0.426 e. The molecule has 0 spiro atoms. The van der Waals surface area contributed by atoms with Gasteiger partial charge in [0.05, 0.1) is 23.4 Å². The molecule has 2 saturated carbocycles. The van der Waals surface area contributed by atoms with Crippen molar-refractivity contribution in [2.45, 2.75) is 56.1 Å². The Hall–Kier alpha value is -2.52. The van der Waals surface area contributed by atoms with E-state index in [2.05, 4.69) is 45.7 Å². The third-order valence-electron chi connectivity index (χ3n) is 9.31. The van der Waals surface area contributed by atoms with Crippen LogP contribution in [0.25, 0.3) is 0 Å². The van der Waals surface area contributed by atoms with Crippen LogP contribution in [0.4, 0.5) is 11.4 Å². The highest BCUT2D eigenvalue weighted by Crippen LogP contribution is 2.60. The number of halogens is 2. The highest BCUT2D eigenvalue weighted by Gasteiger charge is 2.66. The van der Waals surface area contributed by atoms with E-state index in [-0.39, 0.29) is 64.0 Å². The topological polar surface area (TPSA) is 84.0 Å². The Balaban J connectivity index is 1.17. The van der Waals surface area contributed by atoms with Gasteiger partial charge in [-0.05, 0) is 72.9 Å². The van der Waals surface area contributed by atoms with Crippen molar-refractivity contribution in [2.24, 2.45) is 29.6 Å². The van der Waals surface area contributed by atoms with Gasteiger partial charge >= 0.3 is 5.97 Å². The number of ether oxygens (including phenoxy) is 1. The first-order valence-electron chi connectivity index (χ1n) is 14.1. The van der Waals surface area contributed by atoms with Gasteiger partial charge in [-0.25, -0.2) is 4.90 Å². The Kier molecular flexibility index (Phi) is 7.18. The zero-order chi connectivity index (χ0) is 28.5. The number of amides is 3. The minimum absolute atomic E-state index is 0.0777. The fraction of sp³-hybridized carbons (Fsp3) is 0.484. The lowest BCUT2D eigenvalue weighted by Crippen LogP contribution is -2.37. The summed E-state index contributed by atoms with van der Waals surface area (Å²) in [5.74, 6) is -1.34. The van der Waals surface area contributed by atoms with Crippen molar-refractivity contribution in [3.05, 3.63) is 53.1 Å². The van der Waals surface area contributed by atoms with Crippen molar-refractivity contribution in [3.63, 3.8) is 0 Å². The molecule has 2 aliphatic carbocycles. The first-order valence-corrected chi connectivity index (χ1v) is 15.9. The van der Waals surface area contributed by atoms with Gasteiger partial charge < -0.3 is 9.64 Å². The summed E-state index contributed by atoms with van der Waals surface area (Å²) in [6.07, 6.45) is 2.57. The third kappa shape index (κ3) is 4.18. The number of benzene rings is 2. The third-order valence-corrected chi connectivity index (χ3v) is 12.5. The highest BCUT2D eigenvalue weighted by molar-refractivity contribution is 9.12. The second kappa shape index (κ2) is 10.4. The van der Waals surface area contributed by atoms with Gasteiger partial charge in [-0.15, -0.1) is 0 Å². The molecule has 7 nitrogen and oxygen atoms in total. The van der Waals surface area contributed by atoms with Gasteiger partial charge in [-0.1, -0.05) is 63.9 Å². The van der Waals surface area contributed by atoms with Gasteiger partial charge in [-0.2, -0.15) is 0 Å². The first kappa shape index (κ1) is 27.6. The van der Waals surface area contributed by atoms with Crippen molar-refractivity contribution >= 4 is 66.9 Å². The lowest BCUT2D eigenvalue weighted by Gasteiger charge is -2.28. The number of carbonyl (C=O) groups excluding carboxylic acids is 4. The summed E-state index contributed by atoms with van der Waals surface area (Å²) >= 11 is 7.46. The maximum Gasteiger partial charge on any atom is 0.316 e. The van der Waals surface area contributed by atoms with Crippen molar-refractivity contribution in [2.75, 3.05) is 16.3 Å². The van der Waals surface area contributed by atoms with E-state index in [1.165, 1.54) is 4.90 Å². The van der Waals surface area contributed by atoms with Crippen LogP contribution in [-0.4, -0.2) is 39.9 Å². The SMILES string of the molecule is CCc1cccc(CC)c1N1C[C@H](C(=O)Oc2ccc(N3C(=O)[C@@H]4[C@H]5C[C@@H]([C@H](Br)[C@H]5Br)[C@H]4C3=O)c(C)c2)CC1=O. The lowest BCUT2D eigenvalue weighted by molar-refractivity contribution is -0.139. The van der Waals surface area contributed by atoms with Crippen LogP contribution in [-0.2, 0) is 32.0 Å². The van der Waals surface area contributed by atoms with E-state index in [1.807, 2.05) is 25.1 Å². The molecule has 0 radical (unpaired) electrons. The first-order chi connectivity index (χ1) is 19.2. The molecular formula is C31H32Br2N2O5. The van der Waals surface area contributed by atoms with Crippen LogP contribution in [0.2, 0.25) is 0 Å². The molecule has 9 heteroatoms. The number of anilines is 2. The zero-order valence-electron chi connectivity index (χ0n) is 22.7. The zero-order valence-corrected chi connectivity index (χ0v) is 25.9. The molecule has 2 bridgehead atoms. The van der Waals surface area contributed by atoms with Gasteiger partial charge in [0.2, 0.25) is 17.7 Å². The second-order valence-electron chi connectivity index (χ2n) is 11.4. The molecule has 3 amide bonds. The molecule has 7 atom stereocenters. The molecule has 4 aliphatic rings. The average Bonchev–Trinajstić information content (AvgIpc) is 3.66. The molecule has 6 rings (SSSR count). The molecule has 0 N–H and O–H groups in total. The molecule has 2 aliphatic heterocycles. The van der Waals surface area contributed by atoms with E-state index in [1.54, 1.807) is 23.1 Å². The number of fused-ring (bicyclic) bond motifs is 5. The van der Waals surface area contributed by atoms with Gasteiger partial charge in [0, 0.05) is 28.3 Å². The fourth-order valence-corrected chi connectivity index (χ4v) is 9.24. The lowest BCUT2D eigenvalue weighted by atomic mass is 9.81. The van der Waals surface area contributed by atoms with Crippen LogP contribution < -0.4 is 14.5 Å². The van der Waals surface area contributed by atoms with Crippen molar-refractivity contribution in [1.82, 2.24) is 0 Å². The molecule has 0 aromatic heterocycles. The van der Waals surface area contributed by atoms with Crippen molar-refractivity contribution < 1.29 is 23.9 Å². The summed E-state index contributed by atoms with van der Waals surface area (Å²) < 4.78 is 5.72. The van der Waals surface area contributed by atoms with Gasteiger partial charge in [-0.3, -0.25) is 19.2 Å². The van der Waals surface area contributed by atoms with Gasteiger partial charge in [0.25, 0.3) is 0 Å². The number of imide groups is 1. The van der Waals surface area contributed by atoms with Crippen LogP contribution >= 0.6 is 31.9 Å². The number of hydrogen-bond acceptors (Lipinski definition) is 5. The minimum atomic E-state index is -0.576. The smallest absolute Gasteiger partial charge is 0.316 e. The molecule has 2 aromatic carbocycles. The molecule has 40 heavy (non-hydrogen) atoms. The predicted molar refractivity (Wildman–Crippen MR) is 159 cm³/mol. The molecular weight excluding hydrogens is 640 g/mol. The fourth-order valence-electron chi connectivity index (χ4n) is 7.37. The average molecular weight is 672 g/mol. The van der Waals surface area contributed by atoms with Crippen LogP contribution in [0.3, 0.4) is 0 Å². The maximum atomic E-state index is 13.4. The number of carbonyl (C=O) groups is 4. The highest BCUT2D eigenvalue weighted by atomic mass is 79.9. The van der Waals surface area contributed by atoms with Crippen molar-refractivity contribution in [3.8, 4) is 5.75 Å². The molecule has 0 unspecified atom stereocenters. The Morgan fingerprint density at radius 3 is 2.10 bits per heavy atom. The number of nitrogens with zero attached hydrogens (tertiary/aromatic N) is 2. The number of esters is 1. The summed E-state index contributed by atoms with van der Waals surface area (Å²) in [6, 6.07) is 11.1. The van der Waals surface area contributed by atoms with E-state index < -0.39 is 11.9 Å². The maximum absolute atomic E-state index is 13.4. The summed E-state index contributed by atoms with van der Waals surface area (Å²) in [4.78, 5) is 56.5. The summed E-state index contributed by atoms with van der Waals surface area (Å²) in [6.45, 7) is 6.22. The van der Waals surface area contributed by atoms with E-state index in [0.717, 1.165) is 36.1 Å². The minimum Gasteiger partial charge on any atom is -0.426 e. The number of rotatable bonds is 6. The molecule has 2 saturated heterocycles. The monoisotopic (exact) mass is 670 g/mol. The van der Waals surface area contributed by atoms with Gasteiger partial charge in [0.1, 0.15) is 5.75 Å².